The first-order chi connectivity index (χ1) is 15.7. The van der Waals surface area contributed by atoms with Crippen molar-refractivity contribution in [2.24, 2.45) is 11.8 Å². The second kappa shape index (κ2) is 12.4. The van der Waals surface area contributed by atoms with Gasteiger partial charge in [0.15, 0.2) is 0 Å². The number of unbranched alkanes of at least 4 members (excludes halogenated alkanes) is 4. The summed E-state index contributed by atoms with van der Waals surface area (Å²) in [4.78, 5) is 0. The van der Waals surface area contributed by atoms with Crippen LogP contribution in [0.5, 0.6) is 0 Å². The van der Waals surface area contributed by atoms with Crippen LogP contribution in [0, 0.1) is 34.5 Å². The molecule has 0 heterocycles. The van der Waals surface area contributed by atoms with E-state index in [1.165, 1.54) is 102 Å². The van der Waals surface area contributed by atoms with E-state index >= 15 is 0 Å². The van der Waals surface area contributed by atoms with E-state index in [2.05, 4.69) is 38.1 Å². The Kier molecular flexibility index (Phi) is 9.66. The van der Waals surface area contributed by atoms with Gasteiger partial charge in [-0.15, -0.1) is 0 Å². The van der Waals surface area contributed by atoms with Crippen LogP contribution in [-0.4, -0.2) is 0 Å². The molecule has 2 saturated carbocycles. The van der Waals surface area contributed by atoms with Gasteiger partial charge in [-0.05, 0) is 60.5 Å². The molecule has 0 bridgehead atoms. The maximum Gasteiger partial charge on any atom is 0.101 e. The second-order valence-electron chi connectivity index (χ2n) is 10.6. The Morgan fingerprint density at radius 3 is 2.12 bits per heavy atom. The summed E-state index contributed by atoms with van der Waals surface area (Å²) in [5, 5.41) is 20.1. The normalized spacial score (nSPS) is 22.8. The van der Waals surface area contributed by atoms with Crippen LogP contribution in [0.3, 0.4) is 0 Å². The molecule has 0 atom stereocenters. The van der Waals surface area contributed by atoms with E-state index in [0.29, 0.717) is 17.0 Å². The predicted molar refractivity (Wildman–Crippen MR) is 133 cm³/mol. The highest BCUT2D eigenvalue weighted by molar-refractivity contribution is 5.57. The fraction of sp³-hybridized carbons (Fsp3) is 0.733. The van der Waals surface area contributed by atoms with Gasteiger partial charge < -0.3 is 0 Å². The van der Waals surface area contributed by atoms with Crippen LogP contribution in [0.25, 0.3) is 0 Å². The minimum atomic E-state index is 0.117. The topological polar surface area (TPSA) is 47.6 Å². The summed E-state index contributed by atoms with van der Waals surface area (Å²) < 4.78 is 0. The Bertz CT molecular complexity index is 795. The molecule has 0 N–H and O–H groups in total. The van der Waals surface area contributed by atoms with Crippen LogP contribution < -0.4 is 0 Å². The standard InChI is InChI=1S/C30H44N2/c1-3-5-6-7-9-13-24-14-17-26(18-15-24)30(20-10-8-11-21-30)29-19-16-25(12-4-2)27(22-31)28(29)23-32/h16,19,24,26H,3-15,17-18,20-21H2,1-2H3/t24-,26-. The van der Waals surface area contributed by atoms with Crippen molar-refractivity contribution in [3.63, 3.8) is 0 Å². The van der Waals surface area contributed by atoms with Gasteiger partial charge in [0.2, 0.25) is 0 Å². The Balaban J connectivity index is 1.79. The third-order valence-corrected chi connectivity index (χ3v) is 8.66. The van der Waals surface area contributed by atoms with Gasteiger partial charge in [0, 0.05) is 0 Å². The van der Waals surface area contributed by atoms with Gasteiger partial charge in [-0.25, -0.2) is 0 Å². The fourth-order valence-electron chi connectivity index (χ4n) is 6.90. The number of aryl methyl sites for hydroxylation is 1. The van der Waals surface area contributed by atoms with E-state index in [-0.39, 0.29) is 5.41 Å². The summed E-state index contributed by atoms with van der Waals surface area (Å²) in [6, 6.07) is 9.36. The third kappa shape index (κ3) is 5.57. The molecule has 0 unspecified atom stereocenters. The van der Waals surface area contributed by atoms with Crippen LogP contribution in [0.1, 0.15) is 139 Å². The molecule has 0 amide bonds. The summed E-state index contributed by atoms with van der Waals surface area (Å²) in [6.45, 7) is 4.43. The number of nitriles is 2. The molecule has 3 rings (SSSR count). The molecular weight excluding hydrogens is 388 g/mol. The van der Waals surface area contributed by atoms with Crippen molar-refractivity contribution in [3.8, 4) is 12.1 Å². The van der Waals surface area contributed by atoms with Crippen LogP contribution >= 0.6 is 0 Å². The van der Waals surface area contributed by atoms with Gasteiger partial charge >= 0.3 is 0 Å². The van der Waals surface area contributed by atoms with Crippen molar-refractivity contribution < 1.29 is 0 Å². The second-order valence-corrected chi connectivity index (χ2v) is 10.6. The molecule has 0 aromatic heterocycles. The molecule has 174 valence electrons. The molecular formula is C30H44N2. The van der Waals surface area contributed by atoms with Crippen molar-refractivity contribution in [1.29, 1.82) is 10.5 Å². The Labute approximate surface area is 197 Å². The Morgan fingerprint density at radius 1 is 0.812 bits per heavy atom. The lowest BCUT2D eigenvalue weighted by Gasteiger charge is -2.47. The summed E-state index contributed by atoms with van der Waals surface area (Å²) in [6.07, 6.45) is 21.8. The van der Waals surface area contributed by atoms with Crippen LogP contribution in [-0.2, 0) is 11.8 Å². The minimum absolute atomic E-state index is 0.117. The zero-order chi connectivity index (χ0) is 22.8. The first kappa shape index (κ1) is 24.8. The lowest BCUT2D eigenvalue weighted by atomic mass is 9.56. The average Bonchev–Trinajstić information content (AvgIpc) is 2.84. The SMILES string of the molecule is CCCCCCC[C@H]1CC[C@H](C2(c3ccc(CCC)c(C#N)c3C#N)CCCCC2)CC1. The van der Waals surface area contributed by atoms with Crippen molar-refractivity contribution in [2.45, 2.75) is 128 Å². The third-order valence-electron chi connectivity index (χ3n) is 8.66. The van der Waals surface area contributed by atoms with Gasteiger partial charge in [-0.2, -0.15) is 10.5 Å². The molecule has 32 heavy (non-hydrogen) atoms. The van der Waals surface area contributed by atoms with Crippen LogP contribution in [0.4, 0.5) is 0 Å². The molecule has 0 radical (unpaired) electrons. The van der Waals surface area contributed by atoms with Gasteiger partial charge in [0.05, 0.1) is 11.1 Å². The minimum Gasteiger partial charge on any atom is -0.192 e. The maximum atomic E-state index is 10.2. The zero-order valence-corrected chi connectivity index (χ0v) is 20.7. The highest BCUT2D eigenvalue weighted by Crippen LogP contribution is 2.52. The monoisotopic (exact) mass is 432 g/mol. The number of nitrogens with zero attached hydrogens (tertiary/aromatic N) is 2. The molecule has 0 spiro atoms. The van der Waals surface area contributed by atoms with E-state index in [0.717, 1.165) is 24.3 Å². The summed E-state index contributed by atoms with van der Waals surface area (Å²) in [5.41, 5.74) is 3.77. The van der Waals surface area contributed by atoms with E-state index in [4.69, 9.17) is 0 Å². The number of hydrogen-bond donors (Lipinski definition) is 0. The number of benzene rings is 1. The van der Waals surface area contributed by atoms with E-state index in [1.54, 1.807) is 0 Å². The van der Waals surface area contributed by atoms with E-state index < -0.39 is 0 Å². The lowest BCUT2D eigenvalue weighted by molar-refractivity contribution is 0.124. The molecule has 2 heteroatoms. The van der Waals surface area contributed by atoms with Crippen molar-refractivity contribution >= 4 is 0 Å². The average molecular weight is 433 g/mol. The quantitative estimate of drug-likeness (QED) is 0.347. The number of rotatable bonds is 10. The van der Waals surface area contributed by atoms with Crippen LogP contribution in [0.15, 0.2) is 12.1 Å². The predicted octanol–water partition coefficient (Wildman–Crippen LogP) is 8.75. The summed E-state index contributed by atoms with van der Waals surface area (Å²) in [7, 11) is 0. The Morgan fingerprint density at radius 2 is 1.50 bits per heavy atom. The Hall–Kier alpha value is -1.80. The highest BCUT2D eigenvalue weighted by atomic mass is 14.5. The molecule has 2 aliphatic rings. The first-order valence-electron chi connectivity index (χ1n) is 13.7. The first-order valence-corrected chi connectivity index (χ1v) is 13.7. The smallest absolute Gasteiger partial charge is 0.101 e. The molecule has 2 nitrogen and oxygen atoms in total. The van der Waals surface area contributed by atoms with Crippen LogP contribution in [0.2, 0.25) is 0 Å². The van der Waals surface area contributed by atoms with Crippen molar-refractivity contribution in [1.82, 2.24) is 0 Å². The van der Waals surface area contributed by atoms with E-state index in [1.807, 2.05) is 0 Å². The largest absolute Gasteiger partial charge is 0.192 e. The summed E-state index contributed by atoms with van der Waals surface area (Å²) >= 11 is 0. The van der Waals surface area contributed by atoms with E-state index in [9.17, 15) is 10.5 Å². The van der Waals surface area contributed by atoms with Gasteiger partial charge in [-0.3, -0.25) is 0 Å². The molecule has 0 saturated heterocycles. The molecule has 2 fully saturated rings. The molecule has 1 aromatic carbocycles. The highest BCUT2D eigenvalue weighted by Gasteiger charge is 2.44. The van der Waals surface area contributed by atoms with Gasteiger partial charge in [0.25, 0.3) is 0 Å². The summed E-state index contributed by atoms with van der Waals surface area (Å²) in [5.74, 6) is 1.58. The van der Waals surface area contributed by atoms with Gasteiger partial charge in [0.1, 0.15) is 12.1 Å². The van der Waals surface area contributed by atoms with Crippen molar-refractivity contribution in [3.05, 3.63) is 34.4 Å². The number of hydrogen-bond acceptors (Lipinski definition) is 2. The van der Waals surface area contributed by atoms with Crippen molar-refractivity contribution in [2.75, 3.05) is 0 Å². The molecule has 1 aromatic rings. The maximum absolute atomic E-state index is 10.2. The fourth-order valence-corrected chi connectivity index (χ4v) is 6.90. The zero-order valence-electron chi connectivity index (χ0n) is 20.7. The lowest BCUT2D eigenvalue weighted by Crippen LogP contribution is -2.40. The van der Waals surface area contributed by atoms with Gasteiger partial charge in [-0.1, -0.05) is 103 Å². The molecule has 2 aliphatic carbocycles. The molecule has 0 aliphatic heterocycles.